The van der Waals surface area contributed by atoms with Crippen molar-refractivity contribution in [1.29, 1.82) is 0 Å². The van der Waals surface area contributed by atoms with Gasteiger partial charge in [0.1, 0.15) is 5.76 Å². The Labute approximate surface area is 194 Å². The van der Waals surface area contributed by atoms with Crippen LogP contribution in [0.1, 0.15) is 17.0 Å². The summed E-state index contributed by atoms with van der Waals surface area (Å²) in [5.41, 5.74) is 3.01. The van der Waals surface area contributed by atoms with E-state index in [1.807, 2.05) is 38.1 Å². The number of ether oxygens (including phenoxy) is 2. The van der Waals surface area contributed by atoms with E-state index in [1.165, 1.54) is 30.2 Å². The molecule has 0 atom stereocenters. The van der Waals surface area contributed by atoms with E-state index in [4.69, 9.17) is 13.9 Å². The van der Waals surface area contributed by atoms with Gasteiger partial charge in [-0.15, -0.1) is 0 Å². The Hall–Kier alpha value is -2.88. The van der Waals surface area contributed by atoms with Crippen molar-refractivity contribution in [2.75, 3.05) is 40.4 Å². The lowest BCUT2D eigenvalue weighted by Gasteiger charge is -2.33. The summed E-state index contributed by atoms with van der Waals surface area (Å²) >= 11 is 0. The fourth-order valence-corrected chi connectivity index (χ4v) is 5.30. The topological polar surface area (TPSA) is 85.1 Å². The zero-order valence-electron chi connectivity index (χ0n) is 19.4. The number of sulfonamides is 1. The van der Waals surface area contributed by atoms with Gasteiger partial charge in [-0.1, -0.05) is 17.7 Å². The number of aromatic nitrogens is 1. The van der Waals surface area contributed by atoms with Crippen LogP contribution >= 0.6 is 0 Å². The standard InChI is InChI=1S/C24H29N3O5S/c1-17-5-7-19(8-6-17)24-25-21(18(2)32-24)16-26-11-13-27(14-12-26)33(28,29)20-9-10-22(30-3)23(15-20)31-4/h5-10,15H,11-14,16H2,1-4H3. The number of rotatable bonds is 7. The Bertz CT molecular complexity index is 1210. The van der Waals surface area contributed by atoms with Crippen molar-refractivity contribution < 1.29 is 22.3 Å². The largest absolute Gasteiger partial charge is 0.493 e. The van der Waals surface area contributed by atoms with E-state index in [-0.39, 0.29) is 4.90 Å². The number of piperazine rings is 1. The minimum absolute atomic E-state index is 0.198. The van der Waals surface area contributed by atoms with Crippen LogP contribution in [0.4, 0.5) is 0 Å². The molecule has 1 aliphatic rings. The van der Waals surface area contributed by atoms with Crippen molar-refractivity contribution in [1.82, 2.24) is 14.2 Å². The molecule has 2 aromatic carbocycles. The van der Waals surface area contributed by atoms with Gasteiger partial charge in [0.25, 0.3) is 0 Å². The summed E-state index contributed by atoms with van der Waals surface area (Å²) < 4.78 is 44.2. The van der Waals surface area contributed by atoms with Gasteiger partial charge in [0.15, 0.2) is 11.5 Å². The van der Waals surface area contributed by atoms with E-state index in [2.05, 4.69) is 9.88 Å². The molecule has 1 aromatic heterocycles. The quantitative estimate of drug-likeness (QED) is 0.521. The summed E-state index contributed by atoms with van der Waals surface area (Å²) in [7, 11) is -0.614. The second-order valence-electron chi connectivity index (χ2n) is 8.08. The third kappa shape index (κ3) is 4.90. The predicted molar refractivity (Wildman–Crippen MR) is 125 cm³/mol. The second-order valence-corrected chi connectivity index (χ2v) is 10.0. The van der Waals surface area contributed by atoms with Crippen LogP contribution in [-0.2, 0) is 16.6 Å². The first-order valence-electron chi connectivity index (χ1n) is 10.8. The summed E-state index contributed by atoms with van der Waals surface area (Å²) in [6.07, 6.45) is 0. The van der Waals surface area contributed by atoms with Crippen molar-refractivity contribution >= 4 is 10.0 Å². The lowest BCUT2D eigenvalue weighted by Crippen LogP contribution is -2.48. The van der Waals surface area contributed by atoms with Gasteiger partial charge in [0.2, 0.25) is 15.9 Å². The molecule has 3 aromatic rings. The zero-order valence-corrected chi connectivity index (χ0v) is 20.2. The Morgan fingerprint density at radius 2 is 1.61 bits per heavy atom. The number of hydrogen-bond donors (Lipinski definition) is 0. The highest BCUT2D eigenvalue weighted by molar-refractivity contribution is 7.89. The number of nitrogens with zero attached hydrogens (tertiary/aromatic N) is 3. The summed E-state index contributed by atoms with van der Waals surface area (Å²) in [6.45, 7) is 6.60. The molecule has 0 aliphatic carbocycles. The van der Waals surface area contributed by atoms with Gasteiger partial charge in [0, 0.05) is 44.4 Å². The van der Waals surface area contributed by atoms with Crippen molar-refractivity contribution in [3.05, 3.63) is 59.5 Å². The highest BCUT2D eigenvalue weighted by Crippen LogP contribution is 2.31. The lowest BCUT2D eigenvalue weighted by molar-refractivity contribution is 0.179. The van der Waals surface area contributed by atoms with E-state index in [0.29, 0.717) is 50.1 Å². The maximum absolute atomic E-state index is 13.1. The molecule has 0 N–H and O–H groups in total. The van der Waals surface area contributed by atoms with Crippen LogP contribution < -0.4 is 9.47 Å². The fourth-order valence-electron chi connectivity index (χ4n) is 3.86. The SMILES string of the molecule is COc1ccc(S(=O)(=O)N2CCN(Cc3nc(-c4ccc(C)cc4)oc3C)CC2)cc1OC. The first-order chi connectivity index (χ1) is 15.8. The Morgan fingerprint density at radius 1 is 0.939 bits per heavy atom. The Morgan fingerprint density at radius 3 is 2.24 bits per heavy atom. The third-order valence-electron chi connectivity index (χ3n) is 5.89. The third-order valence-corrected chi connectivity index (χ3v) is 7.78. The van der Waals surface area contributed by atoms with Crippen LogP contribution in [0.15, 0.2) is 51.8 Å². The summed E-state index contributed by atoms with van der Waals surface area (Å²) in [5, 5.41) is 0. The molecular formula is C24H29N3O5S. The molecule has 0 spiro atoms. The maximum atomic E-state index is 13.1. The van der Waals surface area contributed by atoms with E-state index in [1.54, 1.807) is 12.1 Å². The van der Waals surface area contributed by atoms with Crippen LogP contribution in [0.2, 0.25) is 0 Å². The average Bonchev–Trinajstić information content (AvgIpc) is 3.19. The number of hydrogen-bond acceptors (Lipinski definition) is 7. The van der Waals surface area contributed by atoms with Gasteiger partial charge in [0.05, 0.1) is 24.8 Å². The van der Waals surface area contributed by atoms with Crippen molar-refractivity contribution in [2.45, 2.75) is 25.3 Å². The Kier molecular flexibility index (Phi) is 6.73. The zero-order chi connectivity index (χ0) is 23.6. The van der Waals surface area contributed by atoms with Crippen molar-refractivity contribution in [2.24, 2.45) is 0 Å². The summed E-state index contributed by atoms with van der Waals surface area (Å²) in [4.78, 5) is 7.09. The van der Waals surface area contributed by atoms with Gasteiger partial charge < -0.3 is 13.9 Å². The molecule has 9 heteroatoms. The molecule has 2 heterocycles. The highest BCUT2D eigenvalue weighted by atomic mass is 32.2. The van der Waals surface area contributed by atoms with Crippen LogP contribution in [0, 0.1) is 13.8 Å². The minimum Gasteiger partial charge on any atom is -0.493 e. The van der Waals surface area contributed by atoms with Crippen LogP contribution in [0.3, 0.4) is 0 Å². The summed E-state index contributed by atoms with van der Waals surface area (Å²) in [6, 6.07) is 12.7. The molecule has 4 rings (SSSR count). The Balaban J connectivity index is 1.41. The van der Waals surface area contributed by atoms with Crippen LogP contribution in [-0.4, -0.2) is 63.0 Å². The lowest BCUT2D eigenvalue weighted by atomic mass is 10.1. The van der Waals surface area contributed by atoms with Gasteiger partial charge in [-0.2, -0.15) is 4.31 Å². The molecule has 8 nitrogen and oxygen atoms in total. The normalized spacial score (nSPS) is 15.5. The maximum Gasteiger partial charge on any atom is 0.243 e. The number of oxazole rings is 1. The van der Waals surface area contributed by atoms with Gasteiger partial charge in [-0.05, 0) is 38.1 Å². The molecule has 1 aliphatic heterocycles. The van der Waals surface area contributed by atoms with Crippen molar-refractivity contribution in [3.8, 4) is 23.0 Å². The molecular weight excluding hydrogens is 442 g/mol. The fraction of sp³-hybridized carbons (Fsp3) is 0.375. The number of aryl methyl sites for hydroxylation is 2. The minimum atomic E-state index is -3.62. The molecule has 0 saturated carbocycles. The van der Waals surface area contributed by atoms with E-state index >= 15 is 0 Å². The molecule has 0 unspecified atom stereocenters. The van der Waals surface area contributed by atoms with Crippen LogP contribution in [0.5, 0.6) is 11.5 Å². The van der Waals surface area contributed by atoms with E-state index < -0.39 is 10.0 Å². The van der Waals surface area contributed by atoms with E-state index in [9.17, 15) is 8.42 Å². The first-order valence-corrected chi connectivity index (χ1v) is 12.2. The number of benzene rings is 2. The second kappa shape index (κ2) is 9.54. The molecule has 176 valence electrons. The smallest absolute Gasteiger partial charge is 0.243 e. The highest BCUT2D eigenvalue weighted by Gasteiger charge is 2.30. The van der Waals surface area contributed by atoms with Gasteiger partial charge in [-0.3, -0.25) is 4.90 Å². The monoisotopic (exact) mass is 471 g/mol. The van der Waals surface area contributed by atoms with Crippen LogP contribution in [0.25, 0.3) is 11.5 Å². The molecule has 1 saturated heterocycles. The molecule has 0 bridgehead atoms. The van der Waals surface area contributed by atoms with Crippen molar-refractivity contribution in [3.63, 3.8) is 0 Å². The van der Waals surface area contributed by atoms with E-state index in [0.717, 1.165) is 17.0 Å². The molecule has 0 amide bonds. The molecule has 0 radical (unpaired) electrons. The van der Waals surface area contributed by atoms with Gasteiger partial charge >= 0.3 is 0 Å². The predicted octanol–water partition coefficient (Wildman–Crippen LogP) is 3.48. The molecule has 1 fully saturated rings. The first kappa shape index (κ1) is 23.3. The van der Waals surface area contributed by atoms with Gasteiger partial charge in [-0.25, -0.2) is 13.4 Å². The summed E-state index contributed by atoms with van der Waals surface area (Å²) in [5.74, 6) is 2.28. The molecule has 33 heavy (non-hydrogen) atoms. The number of methoxy groups -OCH3 is 2. The average molecular weight is 472 g/mol.